The van der Waals surface area contributed by atoms with Gasteiger partial charge in [0.1, 0.15) is 0 Å². The highest BCUT2D eigenvalue weighted by Crippen LogP contribution is 2.23. The summed E-state index contributed by atoms with van der Waals surface area (Å²) in [6.45, 7) is 2.71. The summed E-state index contributed by atoms with van der Waals surface area (Å²) in [6, 6.07) is 5.86. The van der Waals surface area contributed by atoms with Crippen molar-refractivity contribution in [3.8, 4) is 0 Å². The van der Waals surface area contributed by atoms with Gasteiger partial charge in [0, 0.05) is 30.8 Å². The largest absolute Gasteiger partial charge is 0.396 e. The Morgan fingerprint density at radius 3 is 2.80 bits per heavy atom. The first-order chi connectivity index (χ1) is 9.52. The smallest absolute Gasteiger partial charge is 0.250 e. The Labute approximate surface area is 118 Å². The first-order valence-electron chi connectivity index (χ1n) is 6.81. The molecule has 0 radical (unpaired) electrons. The SMILES string of the molecule is C[C@@H](N)Cc1cc(C(N)=O)c2c(ccn2CCCO)c1. The van der Waals surface area contributed by atoms with Crippen LogP contribution in [0.25, 0.3) is 10.9 Å². The summed E-state index contributed by atoms with van der Waals surface area (Å²) in [5.41, 5.74) is 13.7. The molecule has 0 aliphatic rings. The van der Waals surface area contributed by atoms with Crippen molar-refractivity contribution in [1.82, 2.24) is 4.57 Å². The quantitative estimate of drug-likeness (QED) is 0.734. The average molecular weight is 275 g/mol. The molecule has 1 heterocycles. The molecule has 0 fully saturated rings. The number of aromatic nitrogens is 1. The van der Waals surface area contributed by atoms with Gasteiger partial charge in [0.15, 0.2) is 0 Å². The summed E-state index contributed by atoms with van der Waals surface area (Å²) < 4.78 is 1.96. The third-order valence-electron chi connectivity index (χ3n) is 3.30. The Balaban J connectivity index is 2.52. The topological polar surface area (TPSA) is 94.3 Å². The molecule has 0 spiro atoms. The molecule has 0 unspecified atom stereocenters. The molecule has 0 aliphatic carbocycles. The van der Waals surface area contributed by atoms with Gasteiger partial charge in [0.2, 0.25) is 0 Å². The fraction of sp³-hybridized carbons (Fsp3) is 0.400. The molecule has 5 N–H and O–H groups in total. The van der Waals surface area contributed by atoms with Crippen LogP contribution in [0, 0.1) is 0 Å². The van der Waals surface area contributed by atoms with Crippen molar-refractivity contribution in [2.24, 2.45) is 11.5 Å². The standard InChI is InChI=1S/C15H21N3O2/c1-10(16)7-11-8-12-3-5-18(4-2-6-19)14(12)13(9-11)15(17)20/h3,5,8-10,19H,2,4,6-7,16H2,1H3,(H2,17,20)/t10-/m1/s1. The van der Waals surface area contributed by atoms with Crippen LogP contribution < -0.4 is 11.5 Å². The molecule has 20 heavy (non-hydrogen) atoms. The van der Waals surface area contributed by atoms with Crippen LogP contribution in [0.15, 0.2) is 24.4 Å². The van der Waals surface area contributed by atoms with Gasteiger partial charge in [-0.15, -0.1) is 0 Å². The van der Waals surface area contributed by atoms with E-state index in [1.165, 1.54) is 0 Å². The first kappa shape index (κ1) is 14.6. The first-order valence-corrected chi connectivity index (χ1v) is 6.81. The van der Waals surface area contributed by atoms with Crippen LogP contribution in [-0.2, 0) is 13.0 Å². The molecule has 0 saturated heterocycles. The van der Waals surface area contributed by atoms with E-state index in [9.17, 15) is 4.79 Å². The predicted molar refractivity (Wildman–Crippen MR) is 79.5 cm³/mol. The number of amides is 1. The van der Waals surface area contributed by atoms with Gasteiger partial charge < -0.3 is 21.1 Å². The van der Waals surface area contributed by atoms with E-state index >= 15 is 0 Å². The lowest BCUT2D eigenvalue weighted by Crippen LogP contribution is -2.19. The Kier molecular flexibility index (Phi) is 4.42. The monoisotopic (exact) mass is 275 g/mol. The molecular formula is C15H21N3O2. The predicted octanol–water partition coefficient (Wildman–Crippen LogP) is 1.01. The molecule has 2 aromatic rings. The summed E-state index contributed by atoms with van der Waals surface area (Å²) in [6.07, 6.45) is 3.27. The maximum Gasteiger partial charge on any atom is 0.250 e. The molecule has 0 aliphatic heterocycles. The Morgan fingerprint density at radius 1 is 1.45 bits per heavy atom. The lowest BCUT2D eigenvalue weighted by atomic mass is 10.0. The van der Waals surface area contributed by atoms with Gasteiger partial charge in [-0.3, -0.25) is 4.79 Å². The van der Waals surface area contributed by atoms with Crippen molar-refractivity contribution in [3.63, 3.8) is 0 Å². The van der Waals surface area contributed by atoms with E-state index in [-0.39, 0.29) is 12.6 Å². The lowest BCUT2D eigenvalue weighted by Gasteiger charge is -2.11. The van der Waals surface area contributed by atoms with Crippen LogP contribution in [0.2, 0.25) is 0 Å². The molecule has 5 nitrogen and oxygen atoms in total. The van der Waals surface area contributed by atoms with Gasteiger partial charge in [-0.05, 0) is 43.5 Å². The van der Waals surface area contributed by atoms with Gasteiger partial charge in [-0.1, -0.05) is 0 Å². The minimum Gasteiger partial charge on any atom is -0.396 e. The zero-order valence-electron chi connectivity index (χ0n) is 11.7. The third-order valence-corrected chi connectivity index (χ3v) is 3.30. The minimum atomic E-state index is -0.439. The van der Waals surface area contributed by atoms with Gasteiger partial charge >= 0.3 is 0 Å². The van der Waals surface area contributed by atoms with Crippen molar-refractivity contribution < 1.29 is 9.90 Å². The number of carbonyl (C=O) groups excluding carboxylic acids is 1. The number of hydrogen-bond donors (Lipinski definition) is 3. The summed E-state index contributed by atoms with van der Waals surface area (Å²) in [5.74, 6) is -0.439. The molecule has 1 atom stereocenters. The summed E-state index contributed by atoms with van der Waals surface area (Å²) in [7, 11) is 0. The molecule has 0 saturated carbocycles. The number of nitrogens with two attached hydrogens (primary N) is 2. The maximum absolute atomic E-state index is 11.7. The van der Waals surface area contributed by atoms with Gasteiger partial charge in [-0.25, -0.2) is 0 Å². The number of hydrogen-bond acceptors (Lipinski definition) is 3. The van der Waals surface area contributed by atoms with Crippen molar-refractivity contribution >= 4 is 16.8 Å². The van der Waals surface area contributed by atoms with E-state index in [0.717, 1.165) is 16.5 Å². The molecule has 0 bridgehead atoms. The van der Waals surface area contributed by atoms with Crippen LogP contribution in [0.1, 0.15) is 29.3 Å². The number of fused-ring (bicyclic) bond motifs is 1. The number of carbonyl (C=O) groups is 1. The normalized spacial score (nSPS) is 12.8. The summed E-state index contributed by atoms with van der Waals surface area (Å²) in [5, 5.41) is 9.92. The van der Waals surface area contributed by atoms with E-state index in [4.69, 9.17) is 16.6 Å². The molecule has 1 aromatic carbocycles. The number of aryl methyl sites for hydroxylation is 1. The van der Waals surface area contributed by atoms with E-state index in [2.05, 4.69) is 0 Å². The Morgan fingerprint density at radius 2 is 2.20 bits per heavy atom. The Hall–Kier alpha value is -1.85. The second-order valence-corrected chi connectivity index (χ2v) is 5.21. The van der Waals surface area contributed by atoms with Crippen LogP contribution in [0.4, 0.5) is 0 Å². The number of rotatable bonds is 6. The van der Waals surface area contributed by atoms with Crippen LogP contribution in [0.5, 0.6) is 0 Å². The highest BCUT2D eigenvalue weighted by molar-refractivity contribution is 6.05. The molecule has 2 rings (SSSR count). The number of aliphatic hydroxyl groups is 1. The van der Waals surface area contributed by atoms with Gasteiger partial charge in [0.25, 0.3) is 5.91 Å². The van der Waals surface area contributed by atoms with Gasteiger partial charge in [0.05, 0.1) is 11.1 Å². The zero-order valence-corrected chi connectivity index (χ0v) is 11.7. The number of aliphatic hydroxyl groups excluding tert-OH is 1. The van der Waals surface area contributed by atoms with Crippen LogP contribution >= 0.6 is 0 Å². The zero-order chi connectivity index (χ0) is 14.7. The number of nitrogens with zero attached hydrogens (tertiary/aromatic N) is 1. The molecule has 1 aromatic heterocycles. The highest BCUT2D eigenvalue weighted by Gasteiger charge is 2.13. The van der Waals surface area contributed by atoms with E-state index in [1.54, 1.807) is 0 Å². The van der Waals surface area contributed by atoms with Crippen molar-refractivity contribution in [1.29, 1.82) is 0 Å². The number of benzene rings is 1. The van der Waals surface area contributed by atoms with E-state index < -0.39 is 5.91 Å². The third kappa shape index (κ3) is 3.00. The maximum atomic E-state index is 11.7. The average Bonchev–Trinajstić information content (AvgIpc) is 2.77. The molecule has 5 heteroatoms. The van der Waals surface area contributed by atoms with E-state index in [1.807, 2.05) is 35.9 Å². The van der Waals surface area contributed by atoms with Crippen molar-refractivity contribution in [2.75, 3.05) is 6.61 Å². The van der Waals surface area contributed by atoms with Crippen LogP contribution in [0.3, 0.4) is 0 Å². The van der Waals surface area contributed by atoms with E-state index in [0.29, 0.717) is 24.9 Å². The van der Waals surface area contributed by atoms with Crippen molar-refractivity contribution in [3.05, 3.63) is 35.5 Å². The second kappa shape index (κ2) is 6.07. The molecule has 108 valence electrons. The lowest BCUT2D eigenvalue weighted by molar-refractivity contribution is 0.100. The fourth-order valence-corrected chi connectivity index (χ4v) is 2.52. The minimum absolute atomic E-state index is 0.0321. The van der Waals surface area contributed by atoms with Gasteiger partial charge in [-0.2, -0.15) is 0 Å². The Bertz CT molecular complexity index is 617. The second-order valence-electron chi connectivity index (χ2n) is 5.21. The highest BCUT2D eigenvalue weighted by atomic mass is 16.3. The number of primary amides is 1. The summed E-state index contributed by atoms with van der Waals surface area (Å²) >= 11 is 0. The molecular weight excluding hydrogens is 254 g/mol. The fourth-order valence-electron chi connectivity index (χ4n) is 2.52. The van der Waals surface area contributed by atoms with Crippen molar-refractivity contribution in [2.45, 2.75) is 32.4 Å². The van der Waals surface area contributed by atoms with Crippen LogP contribution in [-0.4, -0.2) is 28.2 Å². The summed E-state index contributed by atoms with van der Waals surface area (Å²) in [4.78, 5) is 11.7. The molecule has 1 amide bonds.